The topological polar surface area (TPSA) is 22.4 Å². The van der Waals surface area contributed by atoms with Gasteiger partial charge in [-0.3, -0.25) is 0 Å². The summed E-state index contributed by atoms with van der Waals surface area (Å²) >= 11 is 3.45. The number of aryl methyl sites for hydroxylation is 1. The van der Waals surface area contributed by atoms with Gasteiger partial charge in [0.15, 0.2) is 0 Å². The fourth-order valence-electron chi connectivity index (χ4n) is 1.25. The molecule has 0 atom stereocenters. The smallest absolute Gasteiger partial charge is 0.120 e. The monoisotopic (exact) mass is 266 g/mol. The number of ether oxygens (including phenoxy) is 1. The van der Waals surface area contributed by atoms with Crippen LogP contribution in [-0.2, 0) is 6.61 Å². The van der Waals surface area contributed by atoms with Crippen molar-refractivity contribution in [2.45, 2.75) is 13.5 Å². The second-order valence-electron chi connectivity index (χ2n) is 3.33. The van der Waals surface area contributed by atoms with Crippen molar-refractivity contribution in [2.24, 2.45) is 0 Å². The molecule has 0 spiro atoms. The van der Waals surface area contributed by atoms with E-state index in [9.17, 15) is 0 Å². The number of furan rings is 1. The van der Waals surface area contributed by atoms with Crippen molar-refractivity contribution < 1.29 is 9.15 Å². The Bertz CT molecular complexity index is 435. The summed E-state index contributed by atoms with van der Waals surface area (Å²) in [7, 11) is 0. The maximum atomic E-state index is 5.61. The summed E-state index contributed by atoms with van der Waals surface area (Å²) in [6.45, 7) is 2.58. The van der Waals surface area contributed by atoms with Crippen LogP contribution in [0.1, 0.15) is 11.1 Å². The molecule has 0 amide bonds. The molecule has 0 aliphatic rings. The number of rotatable bonds is 3. The van der Waals surface area contributed by atoms with Crippen molar-refractivity contribution in [3.8, 4) is 5.75 Å². The van der Waals surface area contributed by atoms with Gasteiger partial charge in [0.05, 0.1) is 12.5 Å². The summed E-state index contributed by atoms with van der Waals surface area (Å²) in [6.07, 6.45) is 3.33. The summed E-state index contributed by atoms with van der Waals surface area (Å²) in [5, 5.41) is 0. The number of hydrogen-bond donors (Lipinski definition) is 0. The Morgan fingerprint density at radius 3 is 2.87 bits per heavy atom. The fraction of sp³-hybridized carbons (Fsp3) is 0.167. The van der Waals surface area contributed by atoms with Crippen LogP contribution in [0.4, 0.5) is 0 Å². The lowest BCUT2D eigenvalue weighted by atomic mass is 10.2. The average molecular weight is 267 g/mol. The Morgan fingerprint density at radius 2 is 2.20 bits per heavy atom. The van der Waals surface area contributed by atoms with Gasteiger partial charge in [0.1, 0.15) is 12.4 Å². The van der Waals surface area contributed by atoms with Gasteiger partial charge in [0, 0.05) is 10.0 Å². The fourth-order valence-corrected chi connectivity index (χ4v) is 1.50. The first-order valence-corrected chi connectivity index (χ1v) is 5.45. The van der Waals surface area contributed by atoms with E-state index in [1.807, 2.05) is 31.2 Å². The Kier molecular flexibility index (Phi) is 3.11. The summed E-state index contributed by atoms with van der Waals surface area (Å²) in [6, 6.07) is 7.83. The van der Waals surface area contributed by atoms with Crippen LogP contribution in [0.3, 0.4) is 0 Å². The lowest BCUT2D eigenvalue weighted by Crippen LogP contribution is -1.93. The Hall–Kier alpha value is -1.22. The number of halogens is 1. The first-order valence-electron chi connectivity index (χ1n) is 4.66. The van der Waals surface area contributed by atoms with Crippen LogP contribution in [-0.4, -0.2) is 0 Å². The van der Waals surface area contributed by atoms with Crippen LogP contribution < -0.4 is 4.74 Å². The van der Waals surface area contributed by atoms with Gasteiger partial charge in [0.2, 0.25) is 0 Å². The van der Waals surface area contributed by atoms with E-state index in [-0.39, 0.29) is 0 Å². The third-order valence-corrected chi connectivity index (χ3v) is 3.00. The van der Waals surface area contributed by atoms with E-state index in [1.165, 1.54) is 5.56 Å². The maximum Gasteiger partial charge on any atom is 0.120 e. The molecular weight excluding hydrogens is 256 g/mol. The highest BCUT2D eigenvalue weighted by atomic mass is 79.9. The van der Waals surface area contributed by atoms with E-state index in [0.717, 1.165) is 15.8 Å². The highest BCUT2D eigenvalue weighted by molar-refractivity contribution is 9.10. The van der Waals surface area contributed by atoms with Crippen molar-refractivity contribution in [3.63, 3.8) is 0 Å². The van der Waals surface area contributed by atoms with Crippen LogP contribution in [0.5, 0.6) is 5.75 Å². The molecule has 2 rings (SSSR count). The zero-order valence-electron chi connectivity index (χ0n) is 8.37. The molecule has 0 saturated carbocycles. The van der Waals surface area contributed by atoms with Crippen LogP contribution in [0, 0.1) is 6.92 Å². The summed E-state index contributed by atoms with van der Waals surface area (Å²) in [5.41, 5.74) is 2.20. The van der Waals surface area contributed by atoms with Crippen molar-refractivity contribution in [2.75, 3.05) is 0 Å². The van der Waals surface area contributed by atoms with Gasteiger partial charge in [-0.2, -0.15) is 0 Å². The van der Waals surface area contributed by atoms with Crippen LogP contribution in [0.2, 0.25) is 0 Å². The molecule has 0 bridgehead atoms. The minimum atomic E-state index is 0.539. The van der Waals surface area contributed by atoms with E-state index < -0.39 is 0 Å². The van der Waals surface area contributed by atoms with E-state index in [2.05, 4.69) is 15.9 Å². The van der Waals surface area contributed by atoms with E-state index in [1.54, 1.807) is 12.5 Å². The van der Waals surface area contributed by atoms with Gasteiger partial charge in [0.25, 0.3) is 0 Å². The van der Waals surface area contributed by atoms with Crippen LogP contribution >= 0.6 is 15.9 Å². The molecule has 0 N–H and O–H groups in total. The standard InChI is InChI=1S/C12H11BrO2/c1-9-6-11(2-3-12(9)13)15-8-10-4-5-14-7-10/h2-7H,8H2,1H3. The molecule has 1 heterocycles. The molecule has 1 aromatic heterocycles. The SMILES string of the molecule is Cc1cc(OCc2ccoc2)ccc1Br. The zero-order valence-corrected chi connectivity index (χ0v) is 9.95. The van der Waals surface area contributed by atoms with Gasteiger partial charge in [-0.25, -0.2) is 0 Å². The molecule has 0 unspecified atom stereocenters. The molecule has 0 saturated heterocycles. The Morgan fingerprint density at radius 1 is 1.33 bits per heavy atom. The van der Waals surface area contributed by atoms with Gasteiger partial charge >= 0.3 is 0 Å². The largest absolute Gasteiger partial charge is 0.489 e. The van der Waals surface area contributed by atoms with Crippen LogP contribution in [0.15, 0.2) is 45.7 Å². The zero-order chi connectivity index (χ0) is 10.7. The second kappa shape index (κ2) is 4.53. The molecule has 0 aliphatic carbocycles. The quantitative estimate of drug-likeness (QED) is 0.840. The molecule has 15 heavy (non-hydrogen) atoms. The third kappa shape index (κ3) is 2.63. The molecule has 0 aliphatic heterocycles. The molecule has 2 aromatic rings. The summed E-state index contributed by atoms with van der Waals surface area (Å²) < 4.78 is 11.7. The molecule has 78 valence electrons. The van der Waals surface area contributed by atoms with Crippen molar-refractivity contribution >= 4 is 15.9 Å². The van der Waals surface area contributed by atoms with E-state index >= 15 is 0 Å². The van der Waals surface area contributed by atoms with Gasteiger partial charge < -0.3 is 9.15 Å². The van der Waals surface area contributed by atoms with E-state index in [0.29, 0.717) is 6.61 Å². The lowest BCUT2D eigenvalue weighted by molar-refractivity contribution is 0.304. The molecular formula is C12H11BrO2. The highest BCUT2D eigenvalue weighted by Crippen LogP contribution is 2.22. The minimum Gasteiger partial charge on any atom is -0.489 e. The highest BCUT2D eigenvalue weighted by Gasteiger charge is 1.99. The average Bonchev–Trinajstić information content (AvgIpc) is 2.73. The molecule has 0 radical (unpaired) electrons. The number of benzene rings is 1. The first-order chi connectivity index (χ1) is 7.25. The van der Waals surface area contributed by atoms with Gasteiger partial charge in [-0.05, 0) is 36.8 Å². The van der Waals surface area contributed by atoms with Crippen molar-refractivity contribution in [1.82, 2.24) is 0 Å². The normalized spacial score (nSPS) is 10.3. The molecule has 3 heteroatoms. The lowest BCUT2D eigenvalue weighted by Gasteiger charge is -2.06. The Balaban J connectivity index is 2.02. The van der Waals surface area contributed by atoms with E-state index in [4.69, 9.17) is 9.15 Å². The second-order valence-corrected chi connectivity index (χ2v) is 4.19. The van der Waals surface area contributed by atoms with Gasteiger partial charge in [-0.15, -0.1) is 0 Å². The van der Waals surface area contributed by atoms with Crippen molar-refractivity contribution in [3.05, 3.63) is 52.4 Å². The minimum absolute atomic E-state index is 0.539. The Labute approximate surface area is 97.0 Å². The molecule has 2 nitrogen and oxygen atoms in total. The maximum absolute atomic E-state index is 5.61. The third-order valence-electron chi connectivity index (χ3n) is 2.12. The van der Waals surface area contributed by atoms with Crippen LogP contribution in [0.25, 0.3) is 0 Å². The summed E-state index contributed by atoms with van der Waals surface area (Å²) in [5.74, 6) is 0.872. The predicted molar refractivity (Wildman–Crippen MR) is 61.9 cm³/mol. The molecule has 1 aromatic carbocycles. The number of hydrogen-bond acceptors (Lipinski definition) is 2. The predicted octanol–water partition coefficient (Wildman–Crippen LogP) is 3.93. The summed E-state index contributed by atoms with van der Waals surface area (Å²) in [4.78, 5) is 0. The molecule has 0 fully saturated rings. The first kappa shape index (κ1) is 10.3. The van der Waals surface area contributed by atoms with Gasteiger partial charge in [-0.1, -0.05) is 15.9 Å². The van der Waals surface area contributed by atoms with Crippen molar-refractivity contribution in [1.29, 1.82) is 0 Å².